The second-order valence-electron chi connectivity index (χ2n) is 5.36. The third-order valence-electron chi connectivity index (χ3n) is 3.62. The number of nitrogens with one attached hydrogen (secondary N) is 3. The van der Waals surface area contributed by atoms with Gasteiger partial charge in [-0.15, -0.1) is 0 Å². The fourth-order valence-corrected chi connectivity index (χ4v) is 2.41. The Morgan fingerprint density at radius 2 is 2.22 bits per heavy atom. The van der Waals surface area contributed by atoms with Crippen LogP contribution < -0.4 is 16.0 Å². The first-order valence-corrected chi connectivity index (χ1v) is 7.26. The lowest BCUT2D eigenvalue weighted by Crippen LogP contribution is -2.31. The number of imide groups is 1. The number of amides is 4. The summed E-state index contributed by atoms with van der Waals surface area (Å²) in [5.41, 5.74) is 2.47. The summed E-state index contributed by atoms with van der Waals surface area (Å²) in [4.78, 5) is 38.5. The zero-order chi connectivity index (χ0) is 16.4. The van der Waals surface area contributed by atoms with Crippen molar-refractivity contribution < 1.29 is 18.8 Å². The molecule has 0 spiro atoms. The van der Waals surface area contributed by atoms with Gasteiger partial charge in [-0.05, 0) is 25.0 Å². The Labute approximate surface area is 131 Å². The molecule has 0 radical (unpaired) electrons. The van der Waals surface area contributed by atoms with Gasteiger partial charge in [0.15, 0.2) is 5.58 Å². The number of fused-ring (bicyclic) bond motifs is 1. The number of urea groups is 1. The lowest BCUT2D eigenvalue weighted by atomic mass is 10.1. The molecule has 3 rings (SSSR count). The minimum absolute atomic E-state index is 0.123. The van der Waals surface area contributed by atoms with E-state index in [-0.39, 0.29) is 25.3 Å². The van der Waals surface area contributed by atoms with E-state index in [1.54, 1.807) is 0 Å². The van der Waals surface area contributed by atoms with Crippen molar-refractivity contribution in [3.05, 3.63) is 29.7 Å². The maximum Gasteiger partial charge on any atom is 0.322 e. The van der Waals surface area contributed by atoms with Crippen LogP contribution in [0.3, 0.4) is 0 Å². The van der Waals surface area contributed by atoms with E-state index in [1.807, 2.05) is 25.1 Å². The second kappa shape index (κ2) is 6.07. The number of nitrogens with zero attached hydrogens (tertiary/aromatic N) is 1. The van der Waals surface area contributed by atoms with Gasteiger partial charge in [-0.2, -0.15) is 0 Å². The lowest BCUT2D eigenvalue weighted by molar-refractivity contribution is -0.122. The summed E-state index contributed by atoms with van der Waals surface area (Å²) in [6.45, 7) is 2.12. The minimum atomic E-state index is -0.653. The number of hydrogen-bond acceptors (Lipinski definition) is 5. The van der Waals surface area contributed by atoms with Crippen molar-refractivity contribution in [1.29, 1.82) is 0 Å². The van der Waals surface area contributed by atoms with Crippen LogP contribution in [-0.4, -0.2) is 28.9 Å². The summed E-state index contributed by atoms with van der Waals surface area (Å²) >= 11 is 0. The molecule has 1 aromatic carbocycles. The standard InChI is InChI=1S/C15H16N4O4/c1-8-3-2-4-10-13(8)18-12(23-10)7-16-11(20)6-5-9-14(21)19-15(22)17-9/h2-4,9H,5-7H2,1H3,(H,16,20)(H2,17,19,21,22). The average Bonchev–Trinajstić information content (AvgIpc) is 3.06. The van der Waals surface area contributed by atoms with Crippen LogP contribution in [0.4, 0.5) is 4.79 Å². The average molecular weight is 316 g/mol. The van der Waals surface area contributed by atoms with Crippen molar-refractivity contribution in [2.75, 3.05) is 0 Å². The number of benzene rings is 1. The van der Waals surface area contributed by atoms with E-state index in [2.05, 4.69) is 20.9 Å². The highest BCUT2D eigenvalue weighted by Gasteiger charge is 2.29. The zero-order valence-electron chi connectivity index (χ0n) is 12.5. The van der Waals surface area contributed by atoms with Crippen molar-refractivity contribution in [1.82, 2.24) is 20.9 Å². The number of carbonyl (C=O) groups is 3. The lowest BCUT2D eigenvalue weighted by Gasteiger charge is -2.06. The Kier molecular flexibility index (Phi) is 3.96. The van der Waals surface area contributed by atoms with E-state index in [0.717, 1.165) is 11.1 Å². The van der Waals surface area contributed by atoms with Gasteiger partial charge in [0.25, 0.3) is 5.91 Å². The molecule has 4 amide bonds. The number of aryl methyl sites for hydroxylation is 1. The Balaban J connectivity index is 1.51. The van der Waals surface area contributed by atoms with Crippen LogP contribution in [0.15, 0.2) is 22.6 Å². The molecule has 1 aliphatic rings. The highest BCUT2D eigenvalue weighted by Crippen LogP contribution is 2.18. The van der Waals surface area contributed by atoms with Gasteiger partial charge < -0.3 is 15.1 Å². The molecule has 1 unspecified atom stereocenters. The molecule has 0 bridgehead atoms. The van der Waals surface area contributed by atoms with Crippen LogP contribution in [0, 0.1) is 6.92 Å². The molecular formula is C15H16N4O4. The molecule has 1 aromatic heterocycles. The van der Waals surface area contributed by atoms with Crippen LogP contribution in [0.5, 0.6) is 0 Å². The molecule has 23 heavy (non-hydrogen) atoms. The molecule has 8 nitrogen and oxygen atoms in total. The van der Waals surface area contributed by atoms with Gasteiger partial charge in [0.1, 0.15) is 11.6 Å². The number of carbonyl (C=O) groups excluding carboxylic acids is 3. The Morgan fingerprint density at radius 3 is 2.91 bits per heavy atom. The van der Waals surface area contributed by atoms with Gasteiger partial charge in [0.2, 0.25) is 11.8 Å². The van der Waals surface area contributed by atoms with Crippen molar-refractivity contribution >= 4 is 28.9 Å². The predicted molar refractivity (Wildman–Crippen MR) is 80.3 cm³/mol. The summed E-state index contributed by atoms with van der Waals surface area (Å²) in [5.74, 6) is -0.218. The molecule has 1 saturated heterocycles. The molecule has 1 aliphatic heterocycles. The summed E-state index contributed by atoms with van der Waals surface area (Å²) in [6.07, 6.45) is 0.369. The van der Waals surface area contributed by atoms with Crippen LogP contribution in [0.1, 0.15) is 24.3 Å². The highest BCUT2D eigenvalue weighted by atomic mass is 16.3. The SMILES string of the molecule is Cc1cccc2oc(CNC(=O)CCC3NC(=O)NC3=O)nc12. The molecule has 120 valence electrons. The molecule has 1 atom stereocenters. The van der Waals surface area contributed by atoms with Crippen LogP contribution in [0.25, 0.3) is 11.1 Å². The number of oxazole rings is 1. The van der Waals surface area contributed by atoms with E-state index in [9.17, 15) is 14.4 Å². The van der Waals surface area contributed by atoms with Gasteiger partial charge in [-0.25, -0.2) is 9.78 Å². The molecule has 8 heteroatoms. The zero-order valence-corrected chi connectivity index (χ0v) is 12.5. The number of aromatic nitrogens is 1. The highest BCUT2D eigenvalue weighted by molar-refractivity contribution is 6.04. The smallest absolute Gasteiger partial charge is 0.322 e. The third-order valence-corrected chi connectivity index (χ3v) is 3.62. The number of rotatable bonds is 5. The first-order valence-electron chi connectivity index (χ1n) is 7.26. The summed E-state index contributed by atoms with van der Waals surface area (Å²) in [7, 11) is 0. The molecule has 2 aromatic rings. The predicted octanol–water partition coefficient (Wildman–Crippen LogP) is 0.741. The monoisotopic (exact) mass is 316 g/mol. The molecule has 3 N–H and O–H groups in total. The Morgan fingerprint density at radius 1 is 1.39 bits per heavy atom. The van der Waals surface area contributed by atoms with E-state index < -0.39 is 18.0 Å². The molecule has 0 saturated carbocycles. The van der Waals surface area contributed by atoms with Gasteiger partial charge in [0, 0.05) is 6.42 Å². The van der Waals surface area contributed by atoms with Gasteiger partial charge in [-0.1, -0.05) is 12.1 Å². The summed E-state index contributed by atoms with van der Waals surface area (Å²) in [5, 5.41) is 7.26. The van der Waals surface area contributed by atoms with Gasteiger partial charge >= 0.3 is 6.03 Å². The first kappa shape index (κ1) is 15.0. The second-order valence-corrected chi connectivity index (χ2v) is 5.36. The van der Waals surface area contributed by atoms with E-state index in [0.29, 0.717) is 11.5 Å². The Hall–Kier alpha value is -2.90. The maximum atomic E-state index is 11.8. The number of hydrogen-bond donors (Lipinski definition) is 3. The molecular weight excluding hydrogens is 300 g/mol. The van der Waals surface area contributed by atoms with Crippen molar-refractivity contribution in [2.24, 2.45) is 0 Å². The summed E-state index contributed by atoms with van der Waals surface area (Å²) < 4.78 is 5.56. The van der Waals surface area contributed by atoms with Crippen LogP contribution >= 0.6 is 0 Å². The van der Waals surface area contributed by atoms with Gasteiger partial charge in [0.05, 0.1) is 6.54 Å². The largest absolute Gasteiger partial charge is 0.439 e. The molecule has 1 fully saturated rings. The minimum Gasteiger partial charge on any atom is -0.439 e. The number of para-hydroxylation sites is 1. The summed E-state index contributed by atoms with van der Waals surface area (Å²) in [6, 6.07) is 4.46. The van der Waals surface area contributed by atoms with E-state index >= 15 is 0 Å². The fourth-order valence-electron chi connectivity index (χ4n) is 2.41. The molecule has 0 aliphatic carbocycles. The van der Waals surface area contributed by atoms with E-state index in [1.165, 1.54) is 0 Å². The maximum absolute atomic E-state index is 11.8. The van der Waals surface area contributed by atoms with E-state index in [4.69, 9.17) is 4.42 Å². The first-order chi connectivity index (χ1) is 11.0. The Bertz CT molecular complexity index is 783. The third kappa shape index (κ3) is 3.31. The van der Waals surface area contributed by atoms with Crippen LogP contribution in [0.2, 0.25) is 0 Å². The van der Waals surface area contributed by atoms with Gasteiger partial charge in [-0.3, -0.25) is 14.9 Å². The normalized spacial score (nSPS) is 17.2. The van der Waals surface area contributed by atoms with Crippen molar-refractivity contribution in [2.45, 2.75) is 32.4 Å². The van der Waals surface area contributed by atoms with Crippen LogP contribution in [-0.2, 0) is 16.1 Å². The molecule has 2 heterocycles. The van der Waals surface area contributed by atoms with Crippen molar-refractivity contribution in [3.8, 4) is 0 Å². The fraction of sp³-hybridized carbons (Fsp3) is 0.333. The topological polar surface area (TPSA) is 113 Å². The quantitative estimate of drug-likeness (QED) is 0.704. The van der Waals surface area contributed by atoms with Crippen molar-refractivity contribution in [3.63, 3.8) is 0 Å².